The van der Waals surface area contributed by atoms with Crippen LogP contribution in [0.3, 0.4) is 0 Å². The third kappa shape index (κ3) is 2.84. The fourth-order valence-corrected chi connectivity index (χ4v) is 2.90. The molecule has 2 aromatic rings. The number of rotatable bonds is 3. The van der Waals surface area contributed by atoms with Crippen LogP contribution >= 0.6 is 0 Å². The first-order valence-corrected chi connectivity index (χ1v) is 7.61. The van der Waals surface area contributed by atoms with Crippen LogP contribution in [0.15, 0.2) is 24.3 Å². The van der Waals surface area contributed by atoms with E-state index >= 15 is 0 Å². The summed E-state index contributed by atoms with van der Waals surface area (Å²) in [6.45, 7) is 8.99. The van der Waals surface area contributed by atoms with Gasteiger partial charge in [-0.15, -0.1) is 0 Å². The van der Waals surface area contributed by atoms with E-state index in [9.17, 15) is 0 Å². The Morgan fingerprint density at radius 3 is 2.33 bits per heavy atom. The standard InChI is InChI=1S/C16H23N5/c1-12(11-17)20-7-9-21(10-8-20)16-13(2)18-14-5-3-4-6-15(14)19-16/h3-6,12H,7-11,17H2,1-2H3. The van der Waals surface area contributed by atoms with Crippen molar-refractivity contribution in [3.05, 3.63) is 30.0 Å². The van der Waals surface area contributed by atoms with Crippen molar-refractivity contribution in [1.82, 2.24) is 14.9 Å². The van der Waals surface area contributed by atoms with Crippen LogP contribution in [-0.4, -0.2) is 53.6 Å². The minimum atomic E-state index is 0.455. The number of piperazine rings is 1. The molecule has 0 radical (unpaired) electrons. The van der Waals surface area contributed by atoms with Gasteiger partial charge >= 0.3 is 0 Å². The van der Waals surface area contributed by atoms with Crippen LogP contribution in [-0.2, 0) is 0 Å². The van der Waals surface area contributed by atoms with Crippen LogP contribution in [0.4, 0.5) is 5.82 Å². The summed E-state index contributed by atoms with van der Waals surface area (Å²) in [4.78, 5) is 14.3. The fraction of sp³-hybridized carbons (Fsp3) is 0.500. The topological polar surface area (TPSA) is 58.3 Å². The van der Waals surface area contributed by atoms with Gasteiger partial charge in [0.05, 0.1) is 16.7 Å². The summed E-state index contributed by atoms with van der Waals surface area (Å²) in [6, 6.07) is 8.51. The molecule has 1 aliphatic rings. The molecule has 1 aromatic heterocycles. The Hall–Kier alpha value is -1.72. The van der Waals surface area contributed by atoms with Gasteiger partial charge < -0.3 is 10.6 Å². The van der Waals surface area contributed by atoms with E-state index in [2.05, 4.69) is 21.7 Å². The summed E-state index contributed by atoms with van der Waals surface area (Å²) in [5.74, 6) is 1.02. The number of hydrogen-bond acceptors (Lipinski definition) is 5. The molecule has 2 N–H and O–H groups in total. The Kier molecular flexibility index (Phi) is 4.03. The number of fused-ring (bicyclic) bond motifs is 1. The molecule has 1 aromatic carbocycles. The first kappa shape index (κ1) is 14.2. The van der Waals surface area contributed by atoms with Gasteiger partial charge in [-0.2, -0.15) is 0 Å². The van der Waals surface area contributed by atoms with Crippen molar-refractivity contribution < 1.29 is 0 Å². The van der Waals surface area contributed by atoms with Crippen molar-refractivity contribution >= 4 is 16.9 Å². The van der Waals surface area contributed by atoms with Gasteiger partial charge in [0.25, 0.3) is 0 Å². The predicted molar refractivity (Wildman–Crippen MR) is 86.6 cm³/mol. The zero-order chi connectivity index (χ0) is 14.8. The summed E-state index contributed by atoms with van der Waals surface area (Å²) in [5, 5.41) is 0. The quantitative estimate of drug-likeness (QED) is 0.924. The third-order valence-corrected chi connectivity index (χ3v) is 4.30. The van der Waals surface area contributed by atoms with Crippen molar-refractivity contribution in [3.63, 3.8) is 0 Å². The minimum Gasteiger partial charge on any atom is -0.353 e. The summed E-state index contributed by atoms with van der Waals surface area (Å²) >= 11 is 0. The summed E-state index contributed by atoms with van der Waals surface area (Å²) in [7, 11) is 0. The van der Waals surface area contributed by atoms with Gasteiger partial charge in [-0.05, 0) is 26.0 Å². The average molecular weight is 285 g/mol. The van der Waals surface area contributed by atoms with E-state index in [4.69, 9.17) is 10.7 Å². The molecule has 112 valence electrons. The van der Waals surface area contributed by atoms with E-state index in [0.29, 0.717) is 6.04 Å². The normalized spacial score (nSPS) is 18.1. The maximum Gasteiger partial charge on any atom is 0.150 e. The van der Waals surface area contributed by atoms with E-state index in [1.165, 1.54) is 0 Å². The molecule has 1 atom stereocenters. The van der Waals surface area contributed by atoms with E-state index in [0.717, 1.165) is 55.3 Å². The van der Waals surface area contributed by atoms with Crippen LogP contribution in [0.25, 0.3) is 11.0 Å². The Bertz CT molecular complexity index is 619. The third-order valence-electron chi connectivity index (χ3n) is 4.30. The average Bonchev–Trinajstić information content (AvgIpc) is 2.53. The second-order valence-corrected chi connectivity index (χ2v) is 5.73. The largest absolute Gasteiger partial charge is 0.353 e. The Morgan fingerprint density at radius 2 is 1.71 bits per heavy atom. The molecule has 21 heavy (non-hydrogen) atoms. The zero-order valence-electron chi connectivity index (χ0n) is 12.8. The Morgan fingerprint density at radius 1 is 1.10 bits per heavy atom. The van der Waals surface area contributed by atoms with Gasteiger partial charge in [0, 0.05) is 38.8 Å². The molecule has 1 fully saturated rings. The highest BCUT2D eigenvalue weighted by molar-refractivity contribution is 5.76. The number of anilines is 1. The van der Waals surface area contributed by atoms with Gasteiger partial charge in [0.15, 0.2) is 5.82 Å². The molecule has 1 unspecified atom stereocenters. The highest BCUT2D eigenvalue weighted by Crippen LogP contribution is 2.21. The van der Waals surface area contributed by atoms with Crippen LogP contribution in [0.1, 0.15) is 12.6 Å². The highest BCUT2D eigenvalue weighted by atomic mass is 15.3. The minimum absolute atomic E-state index is 0.455. The molecular formula is C16H23N5. The van der Waals surface area contributed by atoms with Crippen LogP contribution in [0.5, 0.6) is 0 Å². The van der Waals surface area contributed by atoms with E-state index in [1.54, 1.807) is 0 Å². The number of para-hydroxylation sites is 2. The number of nitrogens with two attached hydrogens (primary N) is 1. The number of hydrogen-bond donors (Lipinski definition) is 1. The second kappa shape index (κ2) is 5.95. The number of aromatic nitrogens is 2. The smallest absolute Gasteiger partial charge is 0.150 e. The van der Waals surface area contributed by atoms with Gasteiger partial charge in [-0.25, -0.2) is 9.97 Å². The van der Waals surface area contributed by atoms with Crippen LogP contribution in [0, 0.1) is 6.92 Å². The fourth-order valence-electron chi connectivity index (χ4n) is 2.90. The molecule has 1 aliphatic heterocycles. The van der Waals surface area contributed by atoms with Gasteiger partial charge in [0.2, 0.25) is 0 Å². The molecule has 2 heterocycles. The maximum absolute atomic E-state index is 5.76. The van der Waals surface area contributed by atoms with Gasteiger partial charge in [0.1, 0.15) is 0 Å². The SMILES string of the molecule is Cc1nc2ccccc2nc1N1CCN(C(C)CN)CC1. The first-order valence-electron chi connectivity index (χ1n) is 7.61. The van der Waals surface area contributed by atoms with Crippen molar-refractivity contribution in [3.8, 4) is 0 Å². The summed E-state index contributed by atoms with van der Waals surface area (Å²) in [6.07, 6.45) is 0. The van der Waals surface area contributed by atoms with Gasteiger partial charge in [-0.1, -0.05) is 12.1 Å². The molecule has 3 rings (SSSR count). The second-order valence-electron chi connectivity index (χ2n) is 5.73. The lowest BCUT2D eigenvalue weighted by molar-refractivity contribution is 0.201. The lowest BCUT2D eigenvalue weighted by Gasteiger charge is -2.38. The van der Waals surface area contributed by atoms with E-state index in [1.807, 2.05) is 31.2 Å². The summed E-state index contributed by atoms with van der Waals surface area (Å²) in [5.41, 5.74) is 8.70. The van der Waals surface area contributed by atoms with Crippen LogP contribution < -0.4 is 10.6 Å². The monoisotopic (exact) mass is 285 g/mol. The van der Waals surface area contributed by atoms with Crippen molar-refractivity contribution in [2.45, 2.75) is 19.9 Å². The van der Waals surface area contributed by atoms with Crippen molar-refractivity contribution in [2.24, 2.45) is 5.73 Å². The van der Waals surface area contributed by atoms with E-state index < -0.39 is 0 Å². The lowest BCUT2D eigenvalue weighted by Crippen LogP contribution is -2.51. The summed E-state index contributed by atoms with van der Waals surface area (Å²) < 4.78 is 0. The lowest BCUT2D eigenvalue weighted by atomic mass is 10.2. The molecule has 1 saturated heterocycles. The van der Waals surface area contributed by atoms with E-state index in [-0.39, 0.29) is 0 Å². The number of benzene rings is 1. The van der Waals surface area contributed by atoms with Gasteiger partial charge in [-0.3, -0.25) is 4.90 Å². The molecule has 0 spiro atoms. The molecule has 0 bridgehead atoms. The predicted octanol–water partition coefficient (Wildman–Crippen LogP) is 1.41. The molecule has 5 nitrogen and oxygen atoms in total. The number of aryl methyl sites for hydroxylation is 1. The van der Waals surface area contributed by atoms with Crippen molar-refractivity contribution in [1.29, 1.82) is 0 Å². The molecule has 0 aliphatic carbocycles. The van der Waals surface area contributed by atoms with Crippen molar-refractivity contribution in [2.75, 3.05) is 37.6 Å². The molecule has 5 heteroatoms. The molecular weight excluding hydrogens is 262 g/mol. The number of nitrogens with zero attached hydrogens (tertiary/aromatic N) is 4. The first-order chi connectivity index (χ1) is 10.2. The highest BCUT2D eigenvalue weighted by Gasteiger charge is 2.22. The molecule has 0 amide bonds. The molecule has 0 saturated carbocycles. The zero-order valence-corrected chi connectivity index (χ0v) is 12.8. The Balaban J connectivity index is 1.80. The van der Waals surface area contributed by atoms with Crippen LogP contribution in [0.2, 0.25) is 0 Å². The Labute approximate surface area is 125 Å². The maximum atomic E-state index is 5.76.